The van der Waals surface area contributed by atoms with Crippen molar-refractivity contribution in [3.8, 4) is 5.75 Å². The molecule has 0 aliphatic heterocycles. The number of rotatable bonds is 7. The number of nitrogens with zero attached hydrogens (tertiary/aromatic N) is 1. The average molecular weight is 355 g/mol. The van der Waals surface area contributed by atoms with E-state index in [9.17, 15) is 5.11 Å². The molecule has 0 saturated heterocycles. The van der Waals surface area contributed by atoms with Crippen molar-refractivity contribution >= 4 is 34.2 Å². The van der Waals surface area contributed by atoms with E-state index >= 15 is 0 Å². The number of anilines is 2. The van der Waals surface area contributed by atoms with Crippen LogP contribution in [0.15, 0.2) is 59.6 Å². The summed E-state index contributed by atoms with van der Waals surface area (Å²) in [4.78, 5) is 5.50. The van der Waals surface area contributed by atoms with Gasteiger partial charge in [0, 0.05) is 40.5 Å². The minimum atomic E-state index is -0.355. The zero-order valence-electron chi connectivity index (χ0n) is 14.2. The Morgan fingerprint density at radius 2 is 1.96 bits per heavy atom. The number of aromatic nitrogens is 1. The Balaban J connectivity index is 1.73. The van der Waals surface area contributed by atoms with Crippen molar-refractivity contribution in [2.75, 3.05) is 19.0 Å². The van der Waals surface area contributed by atoms with E-state index in [1.54, 1.807) is 20.2 Å². The van der Waals surface area contributed by atoms with E-state index in [1.807, 2.05) is 48.5 Å². The van der Waals surface area contributed by atoms with E-state index in [2.05, 4.69) is 15.0 Å². The van der Waals surface area contributed by atoms with Crippen LogP contribution in [0.5, 0.6) is 5.75 Å². The highest BCUT2D eigenvalue weighted by molar-refractivity contribution is 7.97. The summed E-state index contributed by atoms with van der Waals surface area (Å²) in [5, 5.41) is 13.7. The summed E-state index contributed by atoms with van der Waals surface area (Å²) in [7, 11) is 1.65. The van der Waals surface area contributed by atoms with E-state index in [1.165, 1.54) is 11.9 Å². The summed E-state index contributed by atoms with van der Waals surface area (Å²) >= 11 is 1.51. The Morgan fingerprint density at radius 1 is 1.16 bits per heavy atom. The molecule has 0 spiro atoms. The highest BCUT2D eigenvalue weighted by atomic mass is 32.2. The number of ether oxygens (including phenoxy) is 1. The van der Waals surface area contributed by atoms with Crippen LogP contribution in [-0.4, -0.2) is 29.8 Å². The fourth-order valence-corrected chi connectivity index (χ4v) is 3.13. The normalized spacial score (nSPS) is 12.1. The zero-order chi connectivity index (χ0) is 17.6. The maximum absolute atomic E-state index is 9.26. The average Bonchev–Trinajstić information content (AvgIpc) is 2.62. The molecule has 1 aromatic heterocycles. The number of hydrogen-bond acceptors (Lipinski definition) is 6. The summed E-state index contributed by atoms with van der Waals surface area (Å²) in [5.41, 5.74) is 2.89. The van der Waals surface area contributed by atoms with Crippen molar-refractivity contribution in [2.24, 2.45) is 0 Å². The van der Waals surface area contributed by atoms with Gasteiger partial charge in [0.1, 0.15) is 5.75 Å². The van der Waals surface area contributed by atoms with E-state index in [-0.39, 0.29) is 6.10 Å². The molecule has 25 heavy (non-hydrogen) atoms. The molecular formula is C19H21N3O2S. The summed E-state index contributed by atoms with van der Waals surface area (Å²) in [6.07, 6.45) is 1.43. The van der Waals surface area contributed by atoms with E-state index in [0.29, 0.717) is 6.54 Å². The molecule has 3 rings (SSSR count). The molecule has 3 N–H and O–H groups in total. The summed E-state index contributed by atoms with van der Waals surface area (Å²) in [6, 6.07) is 16.0. The molecule has 5 nitrogen and oxygen atoms in total. The van der Waals surface area contributed by atoms with Crippen LogP contribution in [0.4, 0.5) is 11.4 Å². The van der Waals surface area contributed by atoms with Gasteiger partial charge < -0.3 is 15.2 Å². The molecule has 0 radical (unpaired) electrons. The lowest BCUT2D eigenvalue weighted by Gasteiger charge is -2.11. The summed E-state index contributed by atoms with van der Waals surface area (Å²) in [6.45, 7) is 2.31. The monoisotopic (exact) mass is 355 g/mol. The fraction of sp³-hybridized carbons (Fsp3) is 0.211. The molecule has 0 aliphatic rings. The zero-order valence-corrected chi connectivity index (χ0v) is 15.0. The molecule has 0 aliphatic carbocycles. The van der Waals surface area contributed by atoms with Crippen molar-refractivity contribution in [3.63, 3.8) is 0 Å². The third-order valence-electron chi connectivity index (χ3n) is 3.65. The molecule has 3 aromatic rings. The minimum Gasteiger partial charge on any atom is -0.497 e. The van der Waals surface area contributed by atoms with E-state index in [4.69, 9.17) is 4.74 Å². The Morgan fingerprint density at radius 3 is 2.68 bits per heavy atom. The van der Waals surface area contributed by atoms with E-state index in [0.717, 1.165) is 32.9 Å². The number of benzene rings is 2. The van der Waals surface area contributed by atoms with Gasteiger partial charge in [-0.3, -0.25) is 9.71 Å². The molecule has 6 heteroatoms. The van der Waals surface area contributed by atoms with Crippen LogP contribution in [0.1, 0.15) is 6.92 Å². The number of nitrogens with one attached hydrogen (secondary N) is 2. The summed E-state index contributed by atoms with van der Waals surface area (Å²) in [5.74, 6) is 0.795. The molecule has 0 amide bonds. The van der Waals surface area contributed by atoms with E-state index < -0.39 is 0 Å². The first-order valence-electron chi connectivity index (χ1n) is 8.03. The highest BCUT2D eigenvalue weighted by Gasteiger charge is 2.04. The number of fused-ring (bicyclic) bond motifs is 1. The van der Waals surface area contributed by atoms with Crippen molar-refractivity contribution in [2.45, 2.75) is 17.9 Å². The first-order chi connectivity index (χ1) is 12.2. The van der Waals surface area contributed by atoms with Gasteiger partial charge >= 0.3 is 0 Å². The third-order valence-corrected chi connectivity index (χ3v) is 4.47. The second-order valence-electron chi connectivity index (χ2n) is 5.69. The van der Waals surface area contributed by atoms with Crippen molar-refractivity contribution < 1.29 is 9.84 Å². The molecule has 2 aromatic carbocycles. The number of aliphatic hydroxyl groups excluding tert-OH is 1. The smallest absolute Gasteiger partial charge is 0.121 e. The summed E-state index contributed by atoms with van der Waals surface area (Å²) < 4.78 is 8.39. The Labute approximate surface area is 151 Å². The number of aliphatic hydroxyl groups is 1. The van der Waals surface area contributed by atoms with Crippen LogP contribution < -0.4 is 14.8 Å². The van der Waals surface area contributed by atoms with Gasteiger partial charge in [-0.2, -0.15) is 0 Å². The highest BCUT2D eigenvalue weighted by Crippen LogP contribution is 2.28. The fourth-order valence-electron chi connectivity index (χ4n) is 2.37. The lowest BCUT2D eigenvalue weighted by molar-refractivity contribution is 0.200. The second-order valence-corrected chi connectivity index (χ2v) is 6.65. The molecule has 1 atom stereocenters. The molecular weight excluding hydrogens is 334 g/mol. The molecule has 1 heterocycles. The van der Waals surface area contributed by atoms with Gasteiger partial charge in [0.05, 0.1) is 18.7 Å². The van der Waals surface area contributed by atoms with Gasteiger partial charge in [-0.1, -0.05) is 0 Å². The first-order valence-corrected chi connectivity index (χ1v) is 8.85. The molecule has 0 fully saturated rings. The SMILES string of the molecule is COc1ccc2c(Nc3ccc(SNCC(C)O)cc3)ccnc2c1. The predicted octanol–water partition coefficient (Wildman–Crippen LogP) is 3.96. The topological polar surface area (TPSA) is 66.4 Å². The van der Waals surface area contributed by atoms with Crippen molar-refractivity contribution in [1.82, 2.24) is 9.71 Å². The Hall–Kier alpha value is -2.28. The Bertz CT molecular complexity index is 838. The standard InChI is InChI=1S/C19H21N3O2S/c1-13(23)12-21-25-16-6-3-14(4-7-16)22-18-9-10-20-19-11-15(24-2)5-8-17(18)19/h3-11,13,21,23H,12H2,1-2H3,(H,20,22). The molecule has 130 valence electrons. The van der Waals surface area contributed by atoms with Gasteiger partial charge in [-0.05, 0) is 61.3 Å². The largest absolute Gasteiger partial charge is 0.497 e. The van der Waals surface area contributed by atoms with Gasteiger partial charge in [0.25, 0.3) is 0 Å². The Kier molecular flexibility index (Phi) is 5.75. The number of hydrogen-bond donors (Lipinski definition) is 3. The quantitative estimate of drug-likeness (QED) is 0.558. The van der Waals surface area contributed by atoms with Crippen LogP contribution in [0.3, 0.4) is 0 Å². The minimum absolute atomic E-state index is 0.355. The maximum atomic E-state index is 9.26. The van der Waals surface area contributed by atoms with Crippen LogP contribution in [-0.2, 0) is 0 Å². The van der Waals surface area contributed by atoms with Gasteiger partial charge in [0.15, 0.2) is 0 Å². The second kappa shape index (κ2) is 8.20. The predicted molar refractivity (Wildman–Crippen MR) is 104 cm³/mol. The number of pyridine rings is 1. The van der Waals surface area contributed by atoms with Crippen LogP contribution in [0, 0.1) is 0 Å². The van der Waals surface area contributed by atoms with Crippen LogP contribution in [0.2, 0.25) is 0 Å². The third kappa shape index (κ3) is 4.63. The maximum Gasteiger partial charge on any atom is 0.121 e. The lowest BCUT2D eigenvalue weighted by atomic mass is 10.1. The molecule has 1 unspecified atom stereocenters. The van der Waals surface area contributed by atoms with Crippen LogP contribution in [0.25, 0.3) is 10.9 Å². The van der Waals surface area contributed by atoms with Crippen LogP contribution >= 0.6 is 11.9 Å². The van der Waals surface area contributed by atoms with Gasteiger partial charge in [0.2, 0.25) is 0 Å². The molecule has 0 bridgehead atoms. The first kappa shape index (κ1) is 17.5. The molecule has 0 saturated carbocycles. The van der Waals surface area contributed by atoms with Crippen molar-refractivity contribution in [3.05, 3.63) is 54.7 Å². The van der Waals surface area contributed by atoms with Gasteiger partial charge in [-0.15, -0.1) is 0 Å². The lowest BCUT2D eigenvalue weighted by Crippen LogP contribution is -2.18. The van der Waals surface area contributed by atoms with Crippen molar-refractivity contribution in [1.29, 1.82) is 0 Å². The number of methoxy groups -OCH3 is 1. The van der Waals surface area contributed by atoms with Gasteiger partial charge in [-0.25, -0.2) is 0 Å².